The van der Waals surface area contributed by atoms with Crippen molar-refractivity contribution in [3.8, 4) is 0 Å². The topological polar surface area (TPSA) is 110 Å². The maximum absolute atomic E-state index is 12.6. The molecule has 5 N–H and O–H groups in total. The standard InChI is InChI=1S/C61H119NO5/c1-3-5-7-9-11-13-15-17-18-19-20-21-22-23-24-25-26-27-28-29-30-31-32-33-34-35-36-37-38-39-40-41-43-45-47-49-51-53-55-59(65)61(67)62-57(56-63)60(66)58(64)54-52-50-48-46-44-42-16-14-12-10-8-6-4-2/h26-27,29-30,57-60,63-66H,3-25,28,31-56H2,1-2H3,(H,62,67)/b27-26-,30-29-. The van der Waals surface area contributed by atoms with E-state index in [-0.39, 0.29) is 0 Å². The molecule has 4 unspecified atom stereocenters. The van der Waals surface area contributed by atoms with Crippen molar-refractivity contribution in [2.75, 3.05) is 6.61 Å². The predicted octanol–water partition coefficient (Wildman–Crippen LogP) is 17.8. The third-order valence-electron chi connectivity index (χ3n) is 14.4. The van der Waals surface area contributed by atoms with Gasteiger partial charge in [0.15, 0.2) is 0 Å². The number of aliphatic hydroxyl groups is 4. The molecule has 0 aliphatic rings. The summed E-state index contributed by atoms with van der Waals surface area (Å²) in [6.45, 7) is 4.08. The average molecular weight is 947 g/mol. The molecule has 6 heteroatoms. The molecule has 0 aliphatic heterocycles. The second-order valence-corrected chi connectivity index (χ2v) is 21.1. The van der Waals surface area contributed by atoms with E-state index in [1.54, 1.807) is 0 Å². The number of nitrogens with one attached hydrogen (secondary N) is 1. The lowest BCUT2D eigenvalue weighted by Crippen LogP contribution is -2.53. The van der Waals surface area contributed by atoms with Gasteiger partial charge < -0.3 is 25.7 Å². The molecule has 0 heterocycles. The highest BCUT2D eigenvalue weighted by Crippen LogP contribution is 2.18. The minimum absolute atomic E-state index is 0.372. The van der Waals surface area contributed by atoms with Gasteiger partial charge in [-0.15, -0.1) is 0 Å². The van der Waals surface area contributed by atoms with E-state index >= 15 is 0 Å². The Labute approximate surface area is 418 Å². The number of carbonyl (C=O) groups is 1. The number of amides is 1. The summed E-state index contributed by atoms with van der Waals surface area (Å²) >= 11 is 0. The van der Waals surface area contributed by atoms with Gasteiger partial charge in [0.05, 0.1) is 18.8 Å². The molecule has 0 aromatic heterocycles. The molecule has 0 aromatic rings. The van der Waals surface area contributed by atoms with E-state index < -0.39 is 36.9 Å². The smallest absolute Gasteiger partial charge is 0.249 e. The average Bonchev–Trinajstić information content (AvgIpc) is 3.33. The monoisotopic (exact) mass is 946 g/mol. The fraction of sp³-hybridized carbons (Fsp3) is 0.918. The molecular weight excluding hydrogens is 827 g/mol. The molecule has 0 fully saturated rings. The number of carbonyl (C=O) groups excluding carboxylic acids is 1. The Bertz CT molecular complexity index is 1020. The van der Waals surface area contributed by atoms with Gasteiger partial charge in [0.25, 0.3) is 0 Å². The highest BCUT2D eigenvalue weighted by atomic mass is 16.3. The predicted molar refractivity (Wildman–Crippen MR) is 293 cm³/mol. The molecule has 0 rings (SSSR count). The van der Waals surface area contributed by atoms with E-state index in [0.717, 1.165) is 44.9 Å². The molecule has 0 aromatic carbocycles. The van der Waals surface area contributed by atoms with Crippen LogP contribution in [0.3, 0.4) is 0 Å². The van der Waals surface area contributed by atoms with Gasteiger partial charge in [-0.1, -0.05) is 308 Å². The highest BCUT2D eigenvalue weighted by Gasteiger charge is 2.28. The van der Waals surface area contributed by atoms with Crippen LogP contribution in [0.4, 0.5) is 0 Å². The van der Waals surface area contributed by atoms with Crippen LogP contribution in [-0.2, 0) is 4.79 Å². The summed E-state index contributed by atoms with van der Waals surface area (Å²) in [5.41, 5.74) is 0. The molecule has 4 atom stereocenters. The van der Waals surface area contributed by atoms with Crippen LogP contribution in [0.15, 0.2) is 24.3 Å². The van der Waals surface area contributed by atoms with Gasteiger partial charge in [0.1, 0.15) is 12.2 Å². The number of unbranched alkanes of at least 4 members (excludes halogenated alkanes) is 43. The molecule has 0 radical (unpaired) electrons. The molecule has 0 aliphatic carbocycles. The number of rotatable bonds is 56. The SMILES string of the molecule is CCCCCCCCCCCCCCCCC/C=C\C/C=C\CCCCCCCCCCCCCCCCCCC(O)C(=O)NC(CO)C(O)C(O)CCCCCCCCCCCCCCC. The Hall–Kier alpha value is -1.21. The van der Waals surface area contributed by atoms with Crippen molar-refractivity contribution in [3.05, 3.63) is 24.3 Å². The van der Waals surface area contributed by atoms with E-state index in [9.17, 15) is 25.2 Å². The summed E-state index contributed by atoms with van der Waals surface area (Å²) in [7, 11) is 0. The first-order valence-corrected chi connectivity index (χ1v) is 30.2. The van der Waals surface area contributed by atoms with Crippen molar-refractivity contribution in [1.29, 1.82) is 0 Å². The van der Waals surface area contributed by atoms with Gasteiger partial charge in [-0.2, -0.15) is 0 Å². The fourth-order valence-electron chi connectivity index (χ4n) is 9.67. The summed E-state index contributed by atoms with van der Waals surface area (Å²) in [4.78, 5) is 12.6. The van der Waals surface area contributed by atoms with Crippen LogP contribution in [0.25, 0.3) is 0 Å². The number of aliphatic hydroxyl groups excluding tert-OH is 4. The van der Waals surface area contributed by atoms with Crippen LogP contribution in [0.5, 0.6) is 0 Å². The Morgan fingerprint density at radius 2 is 0.642 bits per heavy atom. The molecule has 0 spiro atoms. The molecule has 67 heavy (non-hydrogen) atoms. The zero-order valence-corrected chi connectivity index (χ0v) is 45.2. The maximum Gasteiger partial charge on any atom is 0.249 e. The largest absolute Gasteiger partial charge is 0.394 e. The fourth-order valence-corrected chi connectivity index (χ4v) is 9.67. The maximum atomic E-state index is 12.6. The van der Waals surface area contributed by atoms with Crippen LogP contribution in [0.2, 0.25) is 0 Å². The Morgan fingerprint density at radius 1 is 0.373 bits per heavy atom. The van der Waals surface area contributed by atoms with E-state index in [2.05, 4.69) is 43.5 Å². The van der Waals surface area contributed by atoms with Crippen LogP contribution < -0.4 is 5.32 Å². The summed E-state index contributed by atoms with van der Waals surface area (Å²) in [5, 5.41) is 43.9. The van der Waals surface area contributed by atoms with Crippen molar-refractivity contribution >= 4 is 5.91 Å². The summed E-state index contributed by atoms with van der Waals surface area (Å²) in [5.74, 6) is -0.580. The van der Waals surface area contributed by atoms with Crippen molar-refractivity contribution in [3.63, 3.8) is 0 Å². The van der Waals surface area contributed by atoms with Crippen molar-refractivity contribution in [2.45, 2.75) is 353 Å². The summed E-state index contributed by atoms with van der Waals surface area (Å²) < 4.78 is 0. The first-order chi connectivity index (χ1) is 33.0. The second kappa shape index (κ2) is 55.7. The highest BCUT2D eigenvalue weighted by molar-refractivity contribution is 5.80. The van der Waals surface area contributed by atoms with Gasteiger partial charge in [-0.05, 0) is 44.9 Å². The van der Waals surface area contributed by atoms with Crippen LogP contribution >= 0.6 is 0 Å². The van der Waals surface area contributed by atoms with E-state index in [1.165, 1.54) is 257 Å². The van der Waals surface area contributed by atoms with E-state index in [0.29, 0.717) is 12.8 Å². The minimum atomic E-state index is -1.26. The number of hydrogen-bond donors (Lipinski definition) is 5. The zero-order valence-electron chi connectivity index (χ0n) is 45.2. The van der Waals surface area contributed by atoms with Crippen LogP contribution in [0.1, 0.15) is 328 Å². The number of allylic oxidation sites excluding steroid dienone is 4. The second-order valence-electron chi connectivity index (χ2n) is 21.1. The first-order valence-electron chi connectivity index (χ1n) is 30.2. The number of hydrogen-bond acceptors (Lipinski definition) is 5. The third-order valence-corrected chi connectivity index (χ3v) is 14.4. The van der Waals surface area contributed by atoms with Gasteiger partial charge in [0.2, 0.25) is 5.91 Å². The minimum Gasteiger partial charge on any atom is -0.394 e. The Balaban J connectivity index is 3.51. The van der Waals surface area contributed by atoms with Gasteiger partial charge >= 0.3 is 0 Å². The van der Waals surface area contributed by atoms with E-state index in [1.807, 2.05) is 0 Å². The van der Waals surface area contributed by atoms with Crippen LogP contribution in [-0.4, -0.2) is 57.3 Å². The molecule has 0 saturated heterocycles. The quantitative estimate of drug-likeness (QED) is 0.0308. The van der Waals surface area contributed by atoms with Crippen LogP contribution in [0, 0.1) is 0 Å². The normalized spacial score (nSPS) is 13.8. The van der Waals surface area contributed by atoms with Gasteiger partial charge in [-0.3, -0.25) is 4.79 Å². The molecule has 1 amide bonds. The Morgan fingerprint density at radius 3 is 0.940 bits per heavy atom. The van der Waals surface area contributed by atoms with Crippen molar-refractivity contribution < 1.29 is 25.2 Å². The van der Waals surface area contributed by atoms with Crippen molar-refractivity contribution in [2.24, 2.45) is 0 Å². The molecule has 6 nitrogen and oxygen atoms in total. The summed E-state index contributed by atoms with van der Waals surface area (Å²) in [6, 6.07) is -0.983. The molecular formula is C61H119NO5. The Kier molecular flexibility index (Phi) is 54.7. The molecule has 0 bridgehead atoms. The van der Waals surface area contributed by atoms with Gasteiger partial charge in [0, 0.05) is 0 Å². The molecule has 398 valence electrons. The lowest BCUT2D eigenvalue weighted by Gasteiger charge is -2.27. The first kappa shape index (κ1) is 65.8. The lowest BCUT2D eigenvalue weighted by molar-refractivity contribution is -0.132. The zero-order chi connectivity index (χ0) is 48.8. The van der Waals surface area contributed by atoms with Gasteiger partial charge in [-0.25, -0.2) is 0 Å². The van der Waals surface area contributed by atoms with Crippen molar-refractivity contribution in [1.82, 2.24) is 5.32 Å². The summed E-state index contributed by atoms with van der Waals surface area (Å²) in [6.07, 6.45) is 68.5. The van der Waals surface area contributed by atoms with E-state index in [4.69, 9.17) is 0 Å². The lowest BCUT2D eigenvalue weighted by atomic mass is 9.99. The molecule has 0 saturated carbocycles. The third kappa shape index (κ3) is 49.6.